The largest absolute Gasteiger partial charge is 0.307 e. The summed E-state index contributed by atoms with van der Waals surface area (Å²) < 4.78 is 0. The van der Waals surface area contributed by atoms with E-state index in [-0.39, 0.29) is 0 Å². The highest BCUT2D eigenvalue weighted by Gasteiger charge is 2.24. The van der Waals surface area contributed by atoms with E-state index in [9.17, 15) is 0 Å². The molecule has 6 heteroatoms. The topological polar surface area (TPSA) is 66.8 Å². The molecule has 0 unspecified atom stereocenters. The van der Waals surface area contributed by atoms with Gasteiger partial charge in [0, 0.05) is 37.6 Å². The van der Waals surface area contributed by atoms with Gasteiger partial charge in [-0.25, -0.2) is 15.0 Å². The van der Waals surface area contributed by atoms with Gasteiger partial charge in [-0.1, -0.05) is 30.3 Å². The predicted octanol–water partition coefficient (Wildman–Crippen LogP) is 3.04. The number of hydrogen-bond donors (Lipinski definition) is 1. The fraction of sp³-hybridized carbons (Fsp3) is 0.300. The average molecular weight is 346 g/mol. The maximum absolute atomic E-state index is 4.69. The number of nitrogens with zero attached hydrogens (tertiary/aromatic N) is 5. The van der Waals surface area contributed by atoms with E-state index >= 15 is 0 Å². The van der Waals surface area contributed by atoms with Crippen molar-refractivity contribution in [1.82, 2.24) is 24.8 Å². The fourth-order valence-corrected chi connectivity index (χ4v) is 3.35. The van der Waals surface area contributed by atoms with Gasteiger partial charge < -0.3 is 10.2 Å². The molecule has 6 nitrogen and oxygen atoms in total. The van der Waals surface area contributed by atoms with E-state index in [1.165, 1.54) is 5.56 Å². The number of hydrogen-bond acceptors (Lipinski definition) is 6. The maximum Gasteiger partial charge on any atom is 0.228 e. The van der Waals surface area contributed by atoms with Crippen molar-refractivity contribution in [3.8, 4) is 0 Å². The molecular formula is C20H22N6. The van der Waals surface area contributed by atoms with Gasteiger partial charge in [-0.05, 0) is 31.0 Å². The Balaban J connectivity index is 1.35. The predicted molar refractivity (Wildman–Crippen MR) is 101 cm³/mol. The number of benzene rings is 1. The summed E-state index contributed by atoms with van der Waals surface area (Å²) in [7, 11) is 0. The van der Waals surface area contributed by atoms with Crippen LogP contribution in [-0.4, -0.2) is 44.5 Å². The first-order valence-corrected chi connectivity index (χ1v) is 8.99. The van der Waals surface area contributed by atoms with Crippen molar-refractivity contribution in [1.29, 1.82) is 0 Å². The summed E-state index contributed by atoms with van der Waals surface area (Å²) in [6.45, 7) is 3.26. The van der Waals surface area contributed by atoms with Gasteiger partial charge in [-0.15, -0.1) is 0 Å². The molecule has 2 aromatic heterocycles. The molecule has 0 amide bonds. The van der Waals surface area contributed by atoms with Crippen LogP contribution in [-0.2, 0) is 6.42 Å². The van der Waals surface area contributed by atoms with Crippen molar-refractivity contribution in [3.63, 3.8) is 0 Å². The van der Waals surface area contributed by atoms with Crippen LogP contribution >= 0.6 is 0 Å². The van der Waals surface area contributed by atoms with Crippen LogP contribution in [0, 0.1) is 0 Å². The molecule has 4 rings (SSSR count). The van der Waals surface area contributed by atoms with Gasteiger partial charge in [0.25, 0.3) is 0 Å². The Morgan fingerprint density at radius 3 is 2.81 bits per heavy atom. The molecule has 1 saturated heterocycles. The summed E-state index contributed by atoms with van der Waals surface area (Å²) in [5, 5.41) is 3.12. The lowest BCUT2D eigenvalue weighted by molar-refractivity contribution is 0.338. The van der Waals surface area contributed by atoms with Crippen LogP contribution in [0.3, 0.4) is 0 Å². The monoisotopic (exact) mass is 346 g/mol. The minimum Gasteiger partial charge on any atom is -0.307 e. The lowest BCUT2D eigenvalue weighted by Crippen LogP contribution is -2.23. The van der Waals surface area contributed by atoms with E-state index in [0.29, 0.717) is 17.7 Å². The Hall–Kier alpha value is -2.86. The minimum absolute atomic E-state index is 0.455. The normalized spacial score (nSPS) is 17.3. The number of rotatable bonds is 6. The number of aromatic nitrogens is 4. The summed E-state index contributed by atoms with van der Waals surface area (Å²) in [5.74, 6) is 1.68. The first-order chi connectivity index (χ1) is 12.9. The molecule has 26 heavy (non-hydrogen) atoms. The third kappa shape index (κ3) is 4.21. The Kier molecular flexibility index (Phi) is 5.12. The van der Waals surface area contributed by atoms with Crippen LogP contribution in [0.1, 0.15) is 23.6 Å². The van der Waals surface area contributed by atoms with Gasteiger partial charge in [0.15, 0.2) is 5.82 Å². The molecule has 3 aromatic rings. The zero-order valence-corrected chi connectivity index (χ0v) is 14.6. The van der Waals surface area contributed by atoms with Crippen LogP contribution in [0.5, 0.6) is 0 Å². The van der Waals surface area contributed by atoms with Gasteiger partial charge in [-0.2, -0.15) is 0 Å². The fourth-order valence-electron chi connectivity index (χ4n) is 3.35. The Morgan fingerprint density at radius 1 is 1.04 bits per heavy atom. The number of nitrogens with one attached hydrogen (secondary N) is 1. The van der Waals surface area contributed by atoms with Crippen molar-refractivity contribution >= 4 is 11.8 Å². The van der Waals surface area contributed by atoms with Crippen LogP contribution < -0.4 is 5.32 Å². The summed E-state index contributed by atoms with van der Waals surface area (Å²) in [5.41, 5.74) is 2.49. The first-order valence-electron chi connectivity index (χ1n) is 8.99. The van der Waals surface area contributed by atoms with E-state index in [4.69, 9.17) is 0 Å². The lowest BCUT2D eigenvalue weighted by Gasteiger charge is -2.16. The van der Waals surface area contributed by atoms with Crippen LogP contribution in [0.4, 0.5) is 11.8 Å². The minimum atomic E-state index is 0.455. The van der Waals surface area contributed by atoms with E-state index in [0.717, 1.165) is 38.2 Å². The first kappa shape index (κ1) is 16.6. The second-order valence-corrected chi connectivity index (χ2v) is 6.54. The second kappa shape index (κ2) is 8.01. The van der Waals surface area contributed by atoms with Gasteiger partial charge in [-0.3, -0.25) is 4.98 Å². The average Bonchev–Trinajstić information content (AvgIpc) is 3.17. The van der Waals surface area contributed by atoms with E-state index in [1.807, 2.05) is 12.3 Å². The molecule has 3 heterocycles. The van der Waals surface area contributed by atoms with E-state index in [2.05, 4.69) is 60.5 Å². The van der Waals surface area contributed by atoms with Crippen molar-refractivity contribution in [2.75, 3.05) is 25.0 Å². The molecule has 1 atom stereocenters. The summed E-state index contributed by atoms with van der Waals surface area (Å²) in [6.07, 6.45) is 9.00. The molecule has 1 fully saturated rings. The highest BCUT2D eigenvalue weighted by molar-refractivity contribution is 5.45. The molecule has 0 radical (unpaired) electrons. The van der Waals surface area contributed by atoms with Gasteiger partial charge >= 0.3 is 0 Å². The third-order valence-corrected chi connectivity index (χ3v) is 4.73. The summed E-state index contributed by atoms with van der Waals surface area (Å²) >= 11 is 0. The van der Waals surface area contributed by atoms with E-state index in [1.54, 1.807) is 18.6 Å². The van der Waals surface area contributed by atoms with Crippen LogP contribution in [0.2, 0.25) is 0 Å². The van der Waals surface area contributed by atoms with Crippen molar-refractivity contribution in [2.24, 2.45) is 0 Å². The van der Waals surface area contributed by atoms with Crippen LogP contribution in [0.15, 0.2) is 61.2 Å². The molecule has 1 aromatic carbocycles. The molecule has 1 aliphatic heterocycles. The van der Waals surface area contributed by atoms with Crippen molar-refractivity contribution < 1.29 is 0 Å². The molecule has 0 aliphatic carbocycles. The molecule has 1 N–H and O–H groups in total. The second-order valence-electron chi connectivity index (χ2n) is 6.54. The van der Waals surface area contributed by atoms with Gasteiger partial charge in [0.1, 0.15) is 0 Å². The molecule has 0 saturated carbocycles. The SMILES string of the molecule is c1ccc(CCN2CC[C@H](c3ccnc(Nc4cnccn4)n3)C2)cc1. The number of anilines is 2. The molecule has 1 aliphatic rings. The Bertz CT molecular complexity index is 824. The summed E-state index contributed by atoms with van der Waals surface area (Å²) in [6, 6.07) is 12.7. The van der Waals surface area contributed by atoms with E-state index < -0.39 is 0 Å². The van der Waals surface area contributed by atoms with Gasteiger partial charge in [0.2, 0.25) is 5.95 Å². The Morgan fingerprint density at radius 2 is 1.96 bits per heavy atom. The standard InChI is InChI=1S/C20H22N6/c1-2-4-16(5-3-1)7-12-26-13-8-17(15-26)18-6-9-23-20(24-18)25-19-14-21-10-11-22-19/h1-6,9-11,14,17H,7-8,12-13,15H2,(H,22,23,24,25)/t17-/m0/s1. The highest BCUT2D eigenvalue weighted by atomic mass is 15.2. The maximum atomic E-state index is 4.69. The quantitative estimate of drug-likeness (QED) is 0.740. The number of likely N-dealkylation sites (tertiary alicyclic amines) is 1. The molecular weight excluding hydrogens is 324 g/mol. The highest BCUT2D eigenvalue weighted by Crippen LogP contribution is 2.26. The Labute approximate surface area is 153 Å². The van der Waals surface area contributed by atoms with Crippen molar-refractivity contribution in [2.45, 2.75) is 18.8 Å². The molecule has 132 valence electrons. The zero-order chi connectivity index (χ0) is 17.6. The molecule has 0 bridgehead atoms. The summed E-state index contributed by atoms with van der Waals surface area (Å²) in [4.78, 5) is 19.8. The van der Waals surface area contributed by atoms with Gasteiger partial charge in [0.05, 0.1) is 11.9 Å². The lowest BCUT2D eigenvalue weighted by atomic mass is 10.1. The smallest absolute Gasteiger partial charge is 0.228 e. The van der Waals surface area contributed by atoms with Crippen molar-refractivity contribution in [3.05, 3.63) is 72.4 Å². The molecule has 0 spiro atoms. The third-order valence-electron chi connectivity index (χ3n) is 4.73. The van der Waals surface area contributed by atoms with Crippen LogP contribution in [0.25, 0.3) is 0 Å². The zero-order valence-electron chi connectivity index (χ0n) is 14.6.